The molecule has 2 amide bonds. The zero-order valence-corrected chi connectivity index (χ0v) is 17.9. The van der Waals surface area contributed by atoms with Crippen molar-refractivity contribution < 1.29 is 14.3 Å². The summed E-state index contributed by atoms with van der Waals surface area (Å²) in [6.07, 6.45) is 4.92. The largest absolute Gasteiger partial charge is 0.379 e. The molecule has 4 heterocycles. The van der Waals surface area contributed by atoms with Gasteiger partial charge in [0.2, 0.25) is 11.9 Å². The summed E-state index contributed by atoms with van der Waals surface area (Å²) >= 11 is 0. The molecule has 0 aliphatic carbocycles. The Morgan fingerprint density at radius 3 is 2.55 bits per heavy atom. The molecule has 33 heavy (non-hydrogen) atoms. The molecule has 0 bridgehead atoms. The zero-order valence-electron chi connectivity index (χ0n) is 17.9. The summed E-state index contributed by atoms with van der Waals surface area (Å²) < 4.78 is 7.42. The summed E-state index contributed by atoms with van der Waals surface area (Å²) in [5.74, 6) is 0.00909. The molecule has 0 saturated carbocycles. The first-order valence-corrected chi connectivity index (χ1v) is 10.5. The highest BCUT2D eigenvalue weighted by Gasteiger charge is 2.22. The number of imidazole rings is 1. The van der Waals surface area contributed by atoms with E-state index in [1.807, 2.05) is 15.9 Å². The van der Waals surface area contributed by atoms with Crippen molar-refractivity contribution in [2.24, 2.45) is 5.73 Å². The molecule has 1 fully saturated rings. The van der Waals surface area contributed by atoms with Crippen LogP contribution in [0.3, 0.4) is 0 Å². The maximum absolute atomic E-state index is 12.5. The number of ether oxygens (including phenoxy) is 1. The summed E-state index contributed by atoms with van der Waals surface area (Å²) in [5.41, 5.74) is 7.12. The Kier molecular flexibility index (Phi) is 6.70. The molecule has 0 spiro atoms. The fourth-order valence-corrected chi connectivity index (χ4v) is 3.52. The minimum Gasteiger partial charge on any atom is -0.379 e. The SMILES string of the molecule is N#Cc1cnc(N2CCN(C(=O)CCOCCn3cnc4ccc(C(N)=O)nc43)CC2)nc1. The second-order valence-electron chi connectivity index (χ2n) is 7.46. The van der Waals surface area contributed by atoms with E-state index in [0.29, 0.717) is 75.0 Å². The van der Waals surface area contributed by atoms with Crippen molar-refractivity contribution in [3.63, 3.8) is 0 Å². The molecule has 4 rings (SSSR count). The minimum absolute atomic E-state index is 0.0382. The van der Waals surface area contributed by atoms with Crippen LogP contribution in [0.25, 0.3) is 11.2 Å². The Hall–Kier alpha value is -4.11. The van der Waals surface area contributed by atoms with E-state index in [0.717, 1.165) is 0 Å². The van der Waals surface area contributed by atoms with Crippen molar-refractivity contribution in [3.8, 4) is 6.07 Å². The van der Waals surface area contributed by atoms with Gasteiger partial charge in [-0.15, -0.1) is 0 Å². The number of rotatable bonds is 8. The topological polar surface area (TPSA) is 156 Å². The van der Waals surface area contributed by atoms with Gasteiger partial charge in [-0.1, -0.05) is 0 Å². The Labute approximate surface area is 189 Å². The van der Waals surface area contributed by atoms with Crippen molar-refractivity contribution in [2.75, 3.05) is 44.3 Å². The van der Waals surface area contributed by atoms with E-state index in [4.69, 9.17) is 15.7 Å². The summed E-state index contributed by atoms with van der Waals surface area (Å²) in [4.78, 5) is 44.5. The fourth-order valence-electron chi connectivity index (χ4n) is 3.52. The number of primary amides is 1. The van der Waals surface area contributed by atoms with Gasteiger partial charge >= 0.3 is 0 Å². The van der Waals surface area contributed by atoms with Crippen LogP contribution in [0.2, 0.25) is 0 Å². The Morgan fingerprint density at radius 2 is 1.85 bits per heavy atom. The van der Waals surface area contributed by atoms with E-state index >= 15 is 0 Å². The van der Waals surface area contributed by atoms with Gasteiger partial charge in [0.15, 0.2) is 5.65 Å². The van der Waals surface area contributed by atoms with Gasteiger partial charge in [-0.3, -0.25) is 9.59 Å². The fraction of sp³-hybridized carbons (Fsp3) is 0.381. The summed E-state index contributed by atoms with van der Waals surface area (Å²) in [5, 5.41) is 8.84. The number of hydrogen-bond acceptors (Lipinski definition) is 9. The number of pyridine rings is 1. The number of nitriles is 1. The quantitative estimate of drug-likeness (QED) is 0.466. The van der Waals surface area contributed by atoms with Gasteiger partial charge in [0.05, 0.1) is 43.9 Å². The Morgan fingerprint density at radius 1 is 1.09 bits per heavy atom. The number of hydrogen-bond donors (Lipinski definition) is 1. The molecule has 12 nitrogen and oxygen atoms in total. The molecule has 1 saturated heterocycles. The highest BCUT2D eigenvalue weighted by Crippen LogP contribution is 2.12. The van der Waals surface area contributed by atoms with E-state index < -0.39 is 5.91 Å². The van der Waals surface area contributed by atoms with Crippen LogP contribution in [0.5, 0.6) is 0 Å². The minimum atomic E-state index is -0.593. The number of nitrogens with zero attached hydrogens (tertiary/aromatic N) is 8. The van der Waals surface area contributed by atoms with Crippen LogP contribution >= 0.6 is 0 Å². The van der Waals surface area contributed by atoms with E-state index in [-0.39, 0.29) is 11.6 Å². The zero-order chi connectivity index (χ0) is 23.2. The molecular weight excluding hydrogens is 426 g/mol. The molecule has 0 atom stereocenters. The van der Waals surface area contributed by atoms with Gasteiger partial charge in [-0.05, 0) is 12.1 Å². The molecule has 0 unspecified atom stereocenters. The van der Waals surface area contributed by atoms with Crippen molar-refractivity contribution in [1.82, 2.24) is 29.4 Å². The lowest BCUT2D eigenvalue weighted by molar-refractivity contribution is -0.132. The third kappa shape index (κ3) is 5.21. The highest BCUT2D eigenvalue weighted by molar-refractivity contribution is 5.92. The molecule has 12 heteroatoms. The van der Waals surface area contributed by atoms with Crippen LogP contribution in [0.1, 0.15) is 22.5 Å². The van der Waals surface area contributed by atoms with Gasteiger partial charge in [0, 0.05) is 32.7 Å². The average Bonchev–Trinajstić information content (AvgIpc) is 3.26. The van der Waals surface area contributed by atoms with Crippen LogP contribution in [0.4, 0.5) is 5.95 Å². The monoisotopic (exact) mass is 449 g/mol. The first-order chi connectivity index (χ1) is 16.0. The van der Waals surface area contributed by atoms with E-state index in [1.165, 1.54) is 12.4 Å². The number of aromatic nitrogens is 5. The normalized spacial score (nSPS) is 13.8. The molecule has 3 aromatic heterocycles. The number of amides is 2. The van der Waals surface area contributed by atoms with Gasteiger partial charge < -0.3 is 24.8 Å². The molecule has 2 N–H and O–H groups in total. The molecule has 170 valence electrons. The third-order valence-electron chi connectivity index (χ3n) is 5.33. The third-order valence-corrected chi connectivity index (χ3v) is 5.33. The lowest BCUT2D eigenvalue weighted by Crippen LogP contribution is -2.49. The molecule has 0 aromatic carbocycles. The lowest BCUT2D eigenvalue weighted by Gasteiger charge is -2.34. The molecule has 0 radical (unpaired) electrons. The molecule has 1 aliphatic heterocycles. The molecule has 1 aliphatic rings. The maximum Gasteiger partial charge on any atom is 0.267 e. The average molecular weight is 449 g/mol. The summed E-state index contributed by atoms with van der Waals surface area (Å²) in [6, 6.07) is 5.24. The van der Waals surface area contributed by atoms with Crippen LogP contribution in [-0.4, -0.2) is 80.6 Å². The van der Waals surface area contributed by atoms with Crippen molar-refractivity contribution in [1.29, 1.82) is 5.26 Å². The predicted octanol–water partition coefficient (Wildman–Crippen LogP) is -0.0526. The van der Waals surface area contributed by atoms with Gasteiger partial charge in [0.1, 0.15) is 17.3 Å². The van der Waals surface area contributed by atoms with Gasteiger partial charge in [-0.2, -0.15) is 5.26 Å². The number of nitrogens with two attached hydrogens (primary N) is 1. The smallest absolute Gasteiger partial charge is 0.267 e. The number of carbonyl (C=O) groups is 2. The van der Waals surface area contributed by atoms with E-state index in [1.54, 1.807) is 23.0 Å². The number of piperazine rings is 1. The van der Waals surface area contributed by atoms with Crippen LogP contribution < -0.4 is 10.6 Å². The highest BCUT2D eigenvalue weighted by atomic mass is 16.5. The van der Waals surface area contributed by atoms with Crippen molar-refractivity contribution in [3.05, 3.63) is 42.1 Å². The van der Waals surface area contributed by atoms with E-state index in [2.05, 4.69) is 19.9 Å². The van der Waals surface area contributed by atoms with Gasteiger partial charge in [-0.25, -0.2) is 19.9 Å². The van der Waals surface area contributed by atoms with E-state index in [9.17, 15) is 9.59 Å². The maximum atomic E-state index is 12.5. The first kappa shape index (κ1) is 22.1. The number of anilines is 1. The summed E-state index contributed by atoms with van der Waals surface area (Å²) in [7, 11) is 0. The summed E-state index contributed by atoms with van der Waals surface area (Å²) in [6.45, 7) is 3.60. The van der Waals surface area contributed by atoms with Crippen LogP contribution in [-0.2, 0) is 16.1 Å². The predicted molar refractivity (Wildman–Crippen MR) is 117 cm³/mol. The Balaban J connectivity index is 1.18. The van der Waals surface area contributed by atoms with Crippen LogP contribution in [0, 0.1) is 11.3 Å². The number of carbonyl (C=O) groups excluding carboxylic acids is 2. The second kappa shape index (κ2) is 10.0. The van der Waals surface area contributed by atoms with Crippen molar-refractivity contribution >= 4 is 28.9 Å². The van der Waals surface area contributed by atoms with Gasteiger partial charge in [0.25, 0.3) is 5.91 Å². The van der Waals surface area contributed by atoms with Crippen LogP contribution in [0.15, 0.2) is 30.9 Å². The molecule has 3 aromatic rings. The number of fused-ring (bicyclic) bond motifs is 1. The lowest BCUT2D eigenvalue weighted by atomic mass is 10.3. The Bertz CT molecular complexity index is 1180. The standard InChI is InChI=1S/C21H23N9O3/c22-11-15-12-24-21(25-13-15)29-6-4-28(5-7-29)18(31)3-9-33-10-8-30-14-26-17-2-1-16(19(23)32)27-20(17)30/h1-2,12-14H,3-10H2,(H2,23,32). The first-order valence-electron chi connectivity index (χ1n) is 10.5. The van der Waals surface area contributed by atoms with Crippen molar-refractivity contribution in [2.45, 2.75) is 13.0 Å². The second-order valence-corrected chi connectivity index (χ2v) is 7.46. The molecular formula is C21H23N9O3.